The maximum absolute atomic E-state index is 5.10. The van der Waals surface area contributed by atoms with Gasteiger partial charge in [-0.2, -0.15) is 0 Å². The Kier molecular flexibility index (Phi) is 10.7. The average Bonchev–Trinajstić information content (AvgIpc) is 3.34. The summed E-state index contributed by atoms with van der Waals surface area (Å²) in [6.07, 6.45) is 0. The minimum Gasteiger partial charge on any atom is -0.239 e. The number of hydrogen-bond acceptors (Lipinski definition) is 8. The quantitative estimate of drug-likeness (QED) is 0.142. The summed E-state index contributed by atoms with van der Waals surface area (Å²) in [5, 5.41) is 0. The lowest BCUT2D eigenvalue weighted by Crippen LogP contribution is -2.01. The van der Waals surface area contributed by atoms with Gasteiger partial charge in [-0.25, -0.2) is 39.9 Å². The van der Waals surface area contributed by atoms with Crippen LogP contribution in [0, 0.1) is 27.7 Å². The smallest absolute Gasteiger partial charge is 0.164 e. The third kappa shape index (κ3) is 8.32. The van der Waals surface area contributed by atoms with Gasteiger partial charge in [0.2, 0.25) is 0 Å². The molecule has 0 bridgehead atoms. The van der Waals surface area contributed by atoms with Crippen molar-refractivity contribution in [2.75, 3.05) is 0 Å². The first kappa shape index (κ1) is 39.8. The molecule has 3 heterocycles. The first-order chi connectivity index (χ1) is 31.3. The van der Waals surface area contributed by atoms with Gasteiger partial charge in [-0.1, -0.05) is 163 Å². The van der Waals surface area contributed by atoms with E-state index in [1.54, 1.807) is 0 Å². The Labute approximate surface area is 372 Å². The zero-order chi connectivity index (χ0) is 43.6. The van der Waals surface area contributed by atoms with Crippen molar-refractivity contribution in [3.05, 3.63) is 205 Å². The summed E-state index contributed by atoms with van der Waals surface area (Å²) in [6.45, 7) is 8.11. The van der Waals surface area contributed by atoms with Crippen molar-refractivity contribution in [3.8, 4) is 102 Å². The monoisotopic (exact) mass is 826 g/mol. The number of nitrogens with zero attached hydrogens (tertiary/aromatic N) is 8. The summed E-state index contributed by atoms with van der Waals surface area (Å²) in [7, 11) is 0. The van der Waals surface area contributed by atoms with Crippen LogP contribution in [0.1, 0.15) is 22.6 Å². The Bertz CT molecular complexity index is 3190. The Hall–Kier alpha value is -8.36. The Balaban J connectivity index is 1.13. The van der Waals surface area contributed by atoms with E-state index in [-0.39, 0.29) is 0 Å². The second-order valence-corrected chi connectivity index (χ2v) is 15.9. The molecule has 0 aliphatic carbocycles. The lowest BCUT2D eigenvalue weighted by molar-refractivity contribution is 1.02. The molecular formula is C56H42N8. The molecule has 0 fully saturated rings. The summed E-state index contributed by atoms with van der Waals surface area (Å²) >= 11 is 0. The summed E-state index contributed by atoms with van der Waals surface area (Å²) < 4.78 is 0. The van der Waals surface area contributed by atoms with Crippen LogP contribution in [0.3, 0.4) is 0 Å². The predicted octanol–water partition coefficient (Wildman–Crippen LogP) is 13.1. The van der Waals surface area contributed by atoms with Crippen LogP contribution in [0.2, 0.25) is 0 Å². The fourth-order valence-electron chi connectivity index (χ4n) is 8.08. The highest BCUT2D eigenvalue weighted by molar-refractivity contribution is 5.94. The minimum absolute atomic E-state index is 0.584. The SMILES string of the molecule is Cc1cccc(-c2nc(-c3cccc(C)c3)nc(-c3cccc(-c4cccc(-c5cccc(-c6nc(-c7ccccc7)nc(-c7ccccc7)n6)c5)c4-c4cc(C)nc(C)n4)c3)n2)c1. The highest BCUT2D eigenvalue weighted by Crippen LogP contribution is 2.41. The predicted molar refractivity (Wildman–Crippen MR) is 257 cm³/mol. The van der Waals surface area contributed by atoms with E-state index in [2.05, 4.69) is 116 Å². The summed E-state index contributed by atoms with van der Waals surface area (Å²) in [5.74, 6) is 4.33. The number of hydrogen-bond donors (Lipinski definition) is 0. The van der Waals surface area contributed by atoms with Crippen molar-refractivity contribution in [1.82, 2.24) is 39.9 Å². The molecule has 0 aliphatic heterocycles. The lowest BCUT2D eigenvalue weighted by atomic mass is 9.88. The van der Waals surface area contributed by atoms with Crippen molar-refractivity contribution < 1.29 is 0 Å². The molecule has 0 atom stereocenters. The van der Waals surface area contributed by atoms with Gasteiger partial charge in [0.15, 0.2) is 34.9 Å². The van der Waals surface area contributed by atoms with E-state index in [1.807, 2.05) is 98.8 Å². The maximum atomic E-state index is 5.10. The average molecular weight is 827 g/mol. The fourth-order valence-corrected chi connectivity index (χ4v) is 8.08. The first-order valence-corrected chi connectivity index (χ1v) is 21.3. The maximum Gasteiger partial charge on any atom is 0.164 e. The Morgan fingerprint density at radius 2 is 0.609 bits per heavy atom. The normalized spacial score (nSPS) is 11.1. The van der Waals surface area contributed by atoms with Crippen molar-refractivity contribution in [1.29, 1.82) is 0 Å². The second-order valence-electron chi connectivity index (χ2n) is 15.9. The summed E-state index contributed by atoms with van der Waals surface area (Å²) in [5.41, 5.74) is 14.4. The second kappa shape index (κ2) is 17.2. The number of aromatic nitrogens is 8. The number of rotatable bonds is 9. The van der Waals surface area contributed by atoms with Gasteiger partial charge >= 0.3 is 0 Å². The molecule has 306 valence electrons. The van der Waals surface area contributed by atoms with E-state index in [0.29, 0.717) is 40.8 Å². The molecule has 0 saturated carbocycles. The van der Waals surface area contributed by atoms with Crippen LogP contribution in [0.15, 0.2) is 182 Å². The fraction of sp³-hybridized carbons (Fsp3) is 0.0714. The Morgan fingerprint density at radius 1 is 0.266 bits per heavy atom. The molecule has 10 rings (SSSR count). The Morgan fingerprint density at radius 3 is 1.02 bits per heavy atom. The van der Waals surface area contributed by atoms with Crippen molar-refractivity contribution in [2.45, 2.75) is 27.7 Å². The molecule has 64 heavy (non-hydrogen) atoms. The third-order valence-electron chi connectivity index (χ3n) is 11.0. The topological polar surface area (TPSA) is 103 Å². The molecule has 0 N–H and O–H groups in total. The molecule has 7 aromatic carbocycles. The van der Waals surface area contributed by atoms with E-state index in [0.717, 1.165) is 83.7 Å². The number of aryl methyl sites for hydroxylation is 4. The van der Waals surface area contributed by atoms with Gasteiger partial charge in [0.05, 0.1) is 5.69 Å². The number of benzene rings is 7. The van der Waals surface area contributed by atoms with Crippen LogP contribution in [0.5, 0.6) is 0 Å². The highest BCUT2D eigenvalue weighted by atomic mass is 15.0. The molecule has 0 unspecified atom stereocenters. The van der Waals surface area contributed by atoms with E-state index in [4.69, 9.17) is 34.9 Å². The molecule has 8 heteroatoms. The largest absolute Gasteiger partial charge is 0.239 e. The minimum atomic E-state index is 0.584. The van der Waals surface area contributed by atoms with Gasteiger partial charge in [0, 0.05) is 44.6 Å². The van der Waals surface area contributed by atoms with Gasteiger partial charge in [-0.05, 0) is 80.3 Å². The first-order valence-electron chi connectivity index (χ1n) is 21.3. The van der Waals surface area contributed by atoms with Crippen molar-refractivity contribution >= 4 is 0 Å². The van der Waals surface area contributed by atoms with E-state index in [9.17, 15) is 0 Å². The van der Waals surface area contributed by atoms with Crippen molar-refractivity contribution in [2.24, 2.45) is 0 Å². The molecule has 0 amide bonds. The van der Waals surface area contributed by atoms with Gasteiger partial charge < -0.3 is 0 Å². The van der Waals surface area contributed by atoms with Crippen molar-refractivity contribution in [3.63, 3.8) is 0 Å². The molecule has 0 saturated heterocycles. The molecule has 8 nitrogen and oxygen atoms in total. The van der Waals surface area contributed by atoms with Crippen LogP contribution in [-0.2, 0) is 0 Å². The van der Waals surface area contributed by atoms with Crippen LogP contribution in [0.4, 0.5) is 0 Å². The van der Waals surface area contributed by atoms with Crippen LogP contribution >= 0.6 is 0 Å². The van der Waals surface area contributed by atoms with Crippen LogP contribution in [0.25, 0.3) is 102 Å². The highest BCUT2D eigenvalue weighted by Gasteiger charge is 2.20. The van der Waals surface area contributed by atoms with Gasteiger partial charge in [-0.15, -0.1) is 0 Å². The molecule has 0 radical (unpaired) electrons. The molecule has 0 spiro atoms. The third-order valence-corrected chi connectivity index (χ3v) is 11.0. The zero-order valence-electron chi connectivity index (χ0n) is 35.9. The molecule has 3 aromatic heterocycles. The lowest BCUT2D eigenvalue weighted by Gasteiger charge is -2.17. The summed E-state index contributed by atoms with van der Waals surface area (Å²) in [4.78, 5) is 39.9. The van der Waals surface area contributed by atoms with Crippen LogP contribution in [-0.4, -0.2) is 39.9 Å². The van der Waals surface area contributed by atoms with E-state index < -0.39 is 0 Å². The van der Waals surface area contributed by atoms with Gasteiger partial charge in [-0.3, -0.25) is 0 Å². The molecule has 0 aliphatic rings. The zero-order valence-corrected chi connectivity index (χ0v) is 35.9. The van der Waals surface area contributed by atoms with E-state index in [1.165, 1.54) is 0 Å². The van der Waals surface area contributed by atoms with Gasteiger partial charge in [0.25, 0.3) is 0 Å². The standard InChI is InChI=1S/C56H42N8/c1-35-16-11-24-43(30-35)53-62-54(44-25-12-17-36(2)31-44)64-56(63-53)46-27-14-23-42(34-46)48-29-15-28-47(50(48)49-32-37(3)57-38(4)58-49)41-22-13-26-45(33-41)55-60-51(39-18-7-5-8-19-39)59-52(61-55)40-20-9-6-10-21-40/h5-34H,1-4H3. The summed E-state index contributed by atoms with van der Waals surface area (Å²) in [6, 6.07) is 61.9. The van der Waals surface area contributed by atoms with E-state index >= 15 is 0 Å². The molecule has 10 aromatic rings. The van der Waals surface area contributed by atoms with Gasteiger partial charge in [0.1, 0.15) is 5.82 Å². The molecular weight excluding hydrogens is 785 g/mol. The van der Waals surface area contributed by atoms with Crippen LogP contribution < -0.4 is 0 Å².